The SMILES string of the molecule is Cc1cc(NC(=O)C(F)(F)F)c2nc(-c3ccc(-c4ccccc4)cc3)cn2c1. The summed E-state index contributed by atoms with van der Waals surface area (Å²) in [5, 5.41) is 1.91. The zero-order chi connectivity index (χ0) is 20.6. The molecule has 0 spiro atoms. The first-order valence-electron chi connectivity index (χ1n) is 8.85. The summed E-state index contributed by atoms with van der Waals surface area (Å²) < 4.78 is 39.5. The zero-order valence-corrected chi connectivity index (χ0v) is 15.4. The highest BCUT2D eigenvalue weighted by Crippen LogP contribution is 2.28. The molecule has 0 saturated carbocycles. The van der Waals surface area contributed by atoms with Crippen molar-refractivity contribution in [3.63, 3.8) is 0 Å². The highest BCUT2D eigenvalue weighted by Gasteiger charge is 2.39. The molecule has 0 radical (unpaired) electrons. The molecule has 7 heteroatoms. The van der Waals surface area contributed by atoms with Crippen molar-refractivity contribution in [2.24, 2.45) is 0 Å². The molecule has 2 heterocycles. The fraction of sp³-hybridized carbons (Fsp3) is 0.0909. The minimum Gasteiger partial charge on any atom is -0.315 e. The number of nitrogens with zero attached hydrogens (tertiary/aromatic N) is 2. The van der Waals surface area contributed by atoms with Gasteiger partial charge in [0.05, 0.1) is 11.4 Å². The van der Waals surface area contributed by atoms with E-state index in [-0.39, 0.29) is 11.3 Å². The maximum absolute atomic E-state index is 12.6. The molecule has 0 saturated heterocycles. The third-order valence-corrected chi connectivity index (χ3v) is 4.48. The molecule has 0 aliphatic heterocycles. The Hall–Kier alpha value is -3.61. The molecule has 4 nitrogen and oxygen atoms in total. The van der Waals surface area contributed by atoms with E-state index in [2.05, 4.69) is 4.98 Å². The summed E-state index contributed by atoms with van der Waals surface area (Å²) in [5.74, 6) is -2.03. The molecule has 1 amide bonds. The Morgan fingerprint density at radius 1 is 0.931 bits per heavy atom. The largest absolute Gasteiger partial charge is 0.471 e. The average Bonchev–Trinajstić information content (AvgIpc) is 3.12. The van der Waals surface area contributed by atoms with E-state index in [1.165, 1.54) is 6.07 Å². The molecule has 146 valence electrons. The molecule has 0 fully saturated rings. The molecule has 2 aromatic carbocycles. The van der Waals surface area contributed by atoms with Gasteiger partial charge >= 0.3 is 12.1 Å². The number of aryl methyl sites for hydroxylation is 1. The molecule has 2 aromatic heterocycles. The van der Waals surface area contributed by atoms with Gasteiger partial charge in [-0.1, -0.05) is 54.6 Å². The molecule has 4 aromatic rings. The van der Waals surface area contributed by atoms with Crippen LogP contribution in [0.15, 0.2) is 73.1 Å². The van der Waals surface area contributed by atoms with E-state index in [9.17, 15) is 18.0 Å². The number of amides is 1. The lowest BCUT2D eigenvalue weighted by molar-refractivity contribution is -0.167. The summed E-state index contributed by atoms with van der Waals surface area (Å²) in [4.78, 5) is 15.8. The van der Waals surface area contributed by atoms with Gasteiger partial charge < -0.3 is 9.72 Å². The smallest absolute Gasteiger partial charge is 0.315 e. The molecule has 29 heavy (non-hydrogen) atoms. The van der Waals surface area contributed by atoms with Crippen LogP contribution in [0.3, 0.4) is 0 Å². The maximum Gasteiger partial charge on any atom is 0.471 e. The number of alkyl halides is 3. The van der Waals surface area contributed by atoms with Crippen LogP contribution in [0.5, 0.6) is 0 Å². The number of rotatable bonds is 3. The lowest BCUT2D eigenvalue weighted by atomic mass is 10.0. The summed E-state index contributed by atoms with van der Waals surface area (Å²) in [7, 11) is 0. The Balaban J connectivity index is 1.70. The lowest BCUT2D eigenvalue weighted by Gasteiger charge is -2.09. The number of anilines is 1. The number of hydrogen-bond donors (Lipinski definition) is 1. The minimum absolute atomic E-state index is 0.0134. The molecule has 0 atom stereocenters. The molecule has 0 aliphatic rings. The van der Waals surface area contributed by atoms with E-state index >= 15 is 0 Å². The topological polar surface area (TPSA) is 46.4 Å². The standard InChI is InChI=1S/C22H16F3N3O/c1-14-11-18(27-21(29)22(23,24)25)20-26-19(13-28(20)12-14)17-9-7-16(8-10-17)15-5-3-2-4-6-15/h2-13H,1H3,(H,27,29). The Morgan fingerprint density at radius 2 is 1.55 bits per heavy atom. The Bertz CT molecular complexity index is 1180. The lowest BCUT2D eigenvalue weighted by Crippen LogP contribution is -2.30. The van der Waals surface area contributed by atoms with E-state index in [1.807, 2.05) is 59.9 Å². The summed E-state index contributed by atoms with van der Waals surface area (Å²) in [5.41, 5.74) is 4.50. The van der Waals surface area contributed by atoms with Gasteiger partial charge in [-0.3, -0.25) is 4.79 Å². The molecule has 0 bridgehead atoms. The number of imidazole rings is 1. The van der Waals surface area contributed by atoms with Gasteiger partial charge in [-0.25, -0.2) is 4.98 Å². The Labute approximate surface area is 164 Å². The normalized spacial score (nSPS) is 11.6. The fourth-order valence-corrected chi connectivity index (χ4v) is 3.13. The highest BCUT2D eigenvalue weighted by molar-refractivity contribution is 5.98. The number of halogens is 3. The van der Waals surface area contributed by atoms with Crippen molar-refractivity contribution in [2.45, 2.75) is 13.1 Å². The van der Waals surface area contributed by atoms with Crippen LogP contribution in [-0.4, -0.2) is 21.5 Å². The zero-order valence-electron chi connectivity index (χ0n) is 15.4. The van der Waals surface area contributed by atoms with Crippen LogP contribution in [0.25, 0.3) is 28.0 Å². The van der Waals surface area contributed by atoms with Crippen LogP contribution < -0.4 is 5.32 Å². The summed E-state index contributed by atoms with van der Waals surface area (Å²) in [6.45, 7) is 1.73. The summed E-state index contributed by atoms with van der Waals surface area (Å²) in [6, 6.07) is 19.1. The highest BCUT2D eigenvalue weighted by atomic mass is 19.4. The second kappa shape index (κ2) is 7.09. The van der Waals surface area contributed by atoms with Crippen molar-refractivity contribution in [1.82, 2.24) is 9.38 Å². The van der Waals surface area contributed by atoms with Gasteiger partial charge in [0.2, 0.25) is 0 Å². The number of carbonyl (C=O) groups is 1. The number of fused-ring (bicyclic) bond motifs is 1. The van der Waals surface area contributed by atoms with Crippen molar-refractivity contribution in [3.05, 3.63) is 78.6 Å². The molecule has 0 unspecified atom stereocenters. The van der Waals surface area contributed by atoms with Crippen molar-refractivity contribution in [1.29, 1.82) is 0 Å². The Morgan fingerprint density at radius 3 is 2.21 bits per heavy atom. The second-order valence-electron chi connectivity index (χ2n) is 6.68. The van der Waals surface area contributed by atoms with Gasteiger partial charge in [0.15, 0.2) is 5.65 Å². The Kier molecular flexibility index (Phi) is 4.58. The molecule has 4 rings (SSSR count). The van der Waals surface area contributed by atoms with Crippen LogP contribution in [0.1, 0.15) is 5.56 Å². The van der Waals surface area contributed by atoms with Crippen LogP contribution >= 0.6 is 0 Å². The first-order valence-corrected chi connectivity index (χ1v) is 8.85. The van der Waals surface area contributed by atoms with Crippen LogP contribution in [-0.2, 0) is 4.79 Å². The third kappa shape index (κ3) is 3.85. The van der Waals surface area contributed by atoms with Gasteiger partial charge in [-0.05, 0) is 29.7 Å². The maximum atomic E-state index is 12.6. The van der Waals surface area contributed by atoms with Gasteiger partial charge in [0.25, 0.3) is 0 Å². The molecule has 1 N–H and O–H groups in total. The first kappa shape index (κ1) is 18.7. The van der Waals surface area contributed by atoms with Crippen LogP contribution in [0, 0.1) is 6.92 Å². The predicted octanol–water partition coefficient (Wildman–Crippen LogP) is 5.48. The third-order valence-electron chi connectivity index (χ3n) is 4.48. The summed E-state index contributed by atoms with van der Waals surface area (Å²) >= 11 is 0. The van der Waals surface area contributed by atoms with Crippen LogP contribution in [0.2, 0.25) is 0 Å². The number of hydrogen-bond acceptors (Lipinski definition) is 2. The van der Waals surface area contributed by atoms with E-state index in [0.29, 0.717) is 11.3 Å². The van der Waals surface area contributed by atoms with Gasteiger partial charge in [-0.15, -0.1) is 0 Å². The van der Waals surface area contributed by atoms with E-state index in [1.54, 1.807) is 23.7 Å². The monoisotopic (exact) mass is 395 g/mol. The number of nitrogens with one attached hydrogen (secondary N) is 1. The van der Waals surface area contributed by atoms with Crippen molar-refractivity contribution < 1.29 is 18.0 Å². The molecule has 0 aliphatic carbocycles. The van der Waals surface area contributed by atoms with Gasteiger partial charge in [0, 0.05) is 18.0 Å². The first-order chi connectivity index (χ1) is 13.8. The van der Waals surface area contributed by atoms with E-state index < -0.39 is 12.1 Å². The predicted molar refractivity (Wildman–Crippen MR) is 105 cm³/mol. The fourth-order valence-electron chi connectivity index (χ4n) is 3.13. The van der Waals surface area contributed by atoms with E-state index in [0.717, 1.165) is 16.7 Å². The summed E-state index contributed by atoms with van der Waals surface area (Å²) in [6.07, 6.45) is -1.50. The van der Waals surface area contributed by atoms with Gasteiger partial charge in [0.1, 0.15) is 0 Å². The average molecular weight is 395 g/mol. The second-order valence-corrected chi connectivity index (χ2v) is 6.68. The number of aromatic nitrogens is 2. The van der Waals surface area contributed by atoms with Gasteiger partial charge in [-0.2, -0.15) is 13.2 Å². The number of carbonyl (C=O) groups excluding carboxylic acids is 1. The van der Waals surface area contributed by atoms with Crippen molar-refractivity contribution >= 4 is 17.2 Å². The number of benzene rings is 2. The van der Waals surface area contributed by atoms with E-state index in [4.69, 9.17) is 0 Å². The molecular formula is C22H16F3N3O. The quantitative estimate of drug-likeness (QED) is 0.499. The number of pyridine rings is 1. The van der Waals surface area contributed by atoms with Crippen molar-refractivity contribution in [2.75, 3.05) is 5.32 Å². The minimum atomic E-state index is -4.97. The van der Waals surface area contributed by atoms with Crippen LogP contribution in [0.4, 0.5) is 18.9 Å². The molecular weight excluding hydrogens is 379 g/mol. The van der Waals surface area contributed by atoms with Crippen molar-refractivity contribution in [3.8, 4) is 22.4 Å².